The second-order valence-electron chi connectivity index (χ2n) is 7.60. The van der Waals surface area contributed by atoms with E-state index in [-0.39, 0.29) is 17.9 Å². The Labute approximate surface area is 126 Å². The zero-order valence-corrected chi connectivity index (χ0v) is 13.2. The SMILES string of the molecule is CC1CN2CCCCC2CN1C(=O)C1C(C(=O)O)C1(C)C. The molecule has 2 heterocycles. The molecule has 0 aromatic rings. The highest BCUT2D eigenvalue weighted by Crippen LogP contribution is 2.59. The molecule has 0 bridgehead atoms. The van der Waals surface area contributed by atoms with Crippen LogP contribution in [0.3, 0.4) is 0 Å². The van der Waals surface area contributed by atoms with E-state index >= 15 is 0 Å². The first-order chi connectivity index (χ1) is 9.84. The molecule has 2 saturated heterocycles. The van der Waals surface area contributed by atoms with E-state index in [0.717, 1.165) is 26.1 Å². The third-order valence-electron chi connectivity index (χ3n) is 5.83. The summed E-state index contributed by atoms with van der Waals surface area (Å²) in [5.74, 6) is -1.62. The number of carbonyl (C=O) groups excluding carboxylic acids is 1. The van der Waals surface area contributed by atoms with Gasteiger partial charge in [0.1, 0.15) is 0 Å². The minimum atomic E-state index is -0.831. The Balaban J connectivity index is 1.72. The van der Waals surface area contributed by atoms with Crippen molar-refractivity contribution in [1.82, 2.24) is 9.80 Å². The molecule has 4 atom stereocenters. The molecule has 5 nitrogen and oxygen atoms in total. The molecule has 5 heteroatoms. The molecule has 0 radical (unpaired) electrons. The third kappa shape index (κ3) is 2.35. The molecule has 1 N–H and O–H groups in total. The van der Waals surface area contributed by atoms with E-state index in [0.29, 0.717) is 6.04 Å². The van der Waals surface area contributed by atoms with Crippen LogP contribution in [0, 0.1) is 17.3 Å². The molecule has 21 heavy (non-hydrogen) atoms. The van der Waals surface area contributed by atoms with Crippen LogP contribution in [0.2, 0.25) is 0 Å². The van der Waals surface area contributed by atoms with Gasteiger partial charge in [0.2, 0.25) is 5.91 Å². The number of piperidine rings is 1. The van der Waals surface area contributed by atoms with Gasteiger partial charge in [-0.25, -0.2) is 0 Å². The van der Waals surface area contributed by atoms with Crippen molar-refractivity contribution in [2.75, 3.05) is 19.6 Å². The molecule has 3 rings (SSSR count). The Morgan fingerprint density at radius 1 is 1.14 bits per heavy atom. The molecule has 1 saturated carbocycles. The van der Waals surface area contributed by atoms with Gasteiger partial charge < -0.3 is 10.0 Å². The van der Waals surface area contributed by atoms with Crippen LogP contribution in [0.5, 0.6) is 0 Å². The lowest BCUT2D eigenvalue weighted by Gasteiger charge is -2.47. The van der Waals surface area contributed by atoms with E-state index in [4.69, 9.17) is 0 Å². The zero-order valence-electron chi connectivity index (χ0n) is 13.2. The van der Waals surface area contributed by atoms with Gasteiger partial charge in [-0.05, 0) is 31.7 Å². The van der Waals surface area contributed by atoms with Crippen molar-refractivity contribution < 1.29 is 14.7 Å². The first-order valence-electron chi connectivity index (χ1n) is 8.11. The van der Waals surface area contributed by atoms with Crippen LogP contribution in [0.25, 0.3) is 0 Å². The number of hydrogen-bond acceptors (Lipinski definition) is 3. The number of piperazine rings is 1. The molecular formula is C16H26N2O3. The fraction of sp³-hybridized carbons (Fsp3) is 0.875. The van der Waals surface area contributed by atoms with Crippen molar-refractivity contribution in [1.29, 1.82) is 0 Å². The Morgan fingerprint density at radius 3 is 2.48 bits per heavy atom. The topological polar surface area (TPSA) is 60.9 Å². The second-order valence-corrected chi connectivity index (χ2v) is 7.60. The van der Waals surface area contributed by atoms with Crippen LogP contribution >= 0.6 is 0 Å². The maximum Gasteiger partial charge on any atom is 0.307 e. The van der Waals surface area contributed by atoms with E-state index in [1.54, 1.807) is 0 Å². The van der Waals surface area contributed by atoms with Crippen molar-refractivity contribution in [2.24, 2.45) is 17.3 Å². The van der Waals surface area contributed by atoms with Gasteiger partial charge in [-0.3, -0.25) is 14.5 Å². The van der Waals surface area contributed by atoms with Gasteiger partial charge in [0.25, 0.3) is 0 Å². The standard InChI is InChI=1S/C16H26N2O3/c1-10-8-17-7-5-4-6-11(17)9-18(10)14(19)12-13(15(20)21)16(12,2)3/h10-13H,4-9H2,1-3H3,(H,20,21). The van der Waals surface area contributed by atoms with E-state index in [2.05, 4.69) is 11.8 Å². The Morgan fingerprint density at radius 2 is 1.86 bits per heavy atom. The lowest BCUT2D eigenvalue weighted by atomic mass is 9.96. The van der Waals surface area contributed by atoms with Crippen molar-refractivity contribution in [3.8, 4) is 0 Å². The number of nitrogens with zero attached hydrogens (tertiary/aromatic N) is 2. The predicted octanol–water partition coefficient (Wildman–Crippen LogP) is 1.43. The predicted molar refractivity (Wildman–Crippen MR) is 78.8 cm³/mol. The summed E-state index contributed by atoms with van der Waals surface area (Å²) in [6.07, 6.45) is 3.66. The van der Waals surface area contributed by atoms with Gasteiger partial charge in [0, 0.05) is 25.2 Å². The minimum Gasteiger partial charge on any atom is -0.481 e. The molecule has 0 spiro atoms. The summed E-state index contributed by atoms with van der Waals surface area (Å²) in [5, 5.41) is 9.28. The molecule has 0 aromatic heterocycles. The van der Waals surface area contributed by atoms with Crippen LogP contribution in [-0.2, 0) is 9.59 Å². The average Bonchev–Trinajstić information content (AvgIpc) is 3.00. The summed E-state index contributed by atoms with van der Waals surface area (Å²) in [5.41, 5.74) is -0.396. The summed E-state index contributed by atoms with van der Waals surface area (Å²) in [4.78, 5) is 28.6. The van der Waals surface area contributed by atoms with Gasteiger partial charge in [0.15, 0.2) is 0 Å². The fourth-order valence-electron chi connectivity index (χ4n) is 4.40. The quantitative estimate of drug-likeness (QED) is 0.837. The van der Waals surface area contributed by atoms with Crippen molar-refractivity contribution in [3.63, 3.8) is 0 Å². The normalized spacial score (nSPS) is 38.7. The summed E-state index contributed by atoms with van der Waals surface area (Å²) in [6, 6.07) is 0.668. The van der Waals surface area contributed by atoms with Crippen molar-refractivity contribution >= 4 is 11.9 Å². The zero-order chi connectivity index (χ0) is 15.4. The second kappa shape index (κ2) is 4.97. The van der Waals surface area contributed by atoms with Gasteiger partial charge in [-0.15, -0.1) is 0 Å². The maximum atomic E-state index is 12.8. The van der Waals surface area contributed by atoms with Gasteiger partial charge in [-0.1, -0.05) is 20.3 Å². The smallest absolute Gasteiger partial charge is 0.307 e. The number of rotatable bonds is 2. The number of carbonyl (C=O) groups is 2. The highest BCUT2D eigenvalue weighted by atomic mass is 16.4. The first-order valence-corrected chi connectivity index (χ1v) is 8.11. The van der Waals surface area contributed by atoms with Crippen LogP contribution in [0.1, 0.15) is 40.0 Å². The Bertz CT molecular complexity index is 462. The largest absolute Gasteiger partial charge is 0.481 e. The molecule has 3 fully saturated rings. The van der Waals surface area contributed by atoms with Gasteiger partial charge in [0.05, 0.1) is 11.8 Å². The molecule has 3 aliphatic rings. The van der Waals surface area contributed by atoms with E-state index < -0.39 is 17.3 Å². The van der Waals surface area contributed by atoms with Gasteiger partial charge >= 0.3 is 5.97 Å². The number of aliphatic carboxylic acids is 1. The third-order valence-corrected chi connectivity index (χ3v) is 5.83. The minimum absolute atomic E-state index is 0.0603. The summed E-state index contributed by atoms with van der Waals surface area (Å²) >= 11 is 0. The van der Waals surface area contributed by atoms with Crippen LogP contribution < -0.4 is 0 Å². The van der Waals surface area contributed by atoms with Gasteiger partial charge in [-0.2, -0.15) is 0 Å². The summed E-state index contributed by atoms with van der Waals surface area (Å²) in [7, 11) is 0. The molecule has 2 aliphatic heterocycles. The van der Waals surface area contributed by atoms with E-state index in [1.807, 2.05) is 18.7 Å². The number of carboxylic acids is 1. The summed E-state index contributed by atoms with van der Waals surface area (Å²) in [6.45, 7) is 8.74. The summed E-state index contributed by atoms with van der Waals surface area (Å²) < 4.78 is 0. The van der Waals surface area contributed by atoms with Crippen LogP contribution in [0.15, 0.2) is 0 Å². The first kappa shape index (κ1) is 14.8. The molecule has 0 aromatic carbocycles. The number of fused-ring (bicyclic) bond motifs is 1. The molecule has 4 unspecified atom stereocenters. The van der Waals surface area contributed by atoms with Crippen LogP contribution in [0.4, 0.5) is 0 Å². The van der Waals surface area contributed by atoms with E-state index in [9.17, 15) is 14.7 Å². The fourth-order valence-corrected chi connectivity index (χ4v) is 4.40. The van der Waals surface area contributed by atoms with Crippen molar-refractivity contribution in [2.45, 2.75) is 52.1 Å². The molecule has 1 aliphatic carbocycles. The van der Waals surface area contributed by atoms with Crippen molar-refractivity contribution in [3.05, 3.63) is 0 Å². The lowest BCUT2D eigenvalue weighted by molar-refractivity contribution is -0.144. The maximum absolute atomic E-state index is 12.8. The monoisotopic (exact) mass is 294 g/mol. The van der Waals surface area contributed by atoms with Crippen LogP contribution in [-0.4, -0.2) is 58.5 Å². The highest BCUT2D eigenvalue weighted by molar-refractivity contribution is 5.91. The number of carboxylic acid groups (broad SMARTS) is 1. The molecule has 118 valence electrons. The highest BCUT2D eigenvalue weighted by Gasteiger charge is 2.67. The lowest BCUT2D eigenvalue weighted by Crippen LogP contribution is -2.60. The molecular weight excluding hydrogens is 268 g/mol. The Kier molecular flexibility index (Phi) is 3.51. The van der Waals surface area contributed by atoms with E-state index in [1.165, 1.54) is 12.8 Å². The number of hydrogen-bond donors (Lipinski definition) is 1. The number of amides is 1. The molecule has 1 amide bonds. The average molecular weight is 294 g/mol. The Hall–Kier alpha value is -1.10.